The molecule has 1 heterocycles. The van der Waals surface area contributed by atoms with Gasteiger partial charge >= 0.3 is 0 Å². The zero-order valence-electron chi connectivity index (χ0n) is 14.0. The Balaban J connectivity index is 2.07. The van der Waals surface area contributed by atoms with Gasteiger partial charge in [0.15, 0.2) is 17.4 Å². The molecule has 0 saturated carbocycles. The van der Waals surface area contributed by atoms with E-state index in [1.54, 1.807) is 30.0 Å². The third-order valence-electron chi connectivity index (χ3n) is 3.67. The number of carbonyl (C=O) groups excluding carboxylic acids is 2. The fourth-order valence-corrected chi connectivity index (χ4v) is 2.49. The minimum atomic E-state index is -0.0287. The molecule has 0 aliphatic heterocycles. The smallest absolute Gasteiger partial charge is 0.181 e. The van der Waals surface area contributed by atoms with E-state index in [9.17, 15) is 9.59 Å². The van der Waals surface area contributed by atoms with Crippen molar-refractivity contribution < 1.29 is 14.3 Å². The number of aldehydes is 1. The van der Waals surface area contributed by atoms with Crippen LogP contribution >= 0.6 is 0 Å². The van der Waals surface area contributed by atoms with Crippen LogP contribution in [0.4, 0.5) is 0 Å². The van der Waals surface area contributed by atoms with Crippen molar-refractivity contribution in [2.75, 3.05) is 7.11 Å². The summed E-state index contributed by atoms with van der Waals surface area (Å²) in [6.07, 6.45) is 0.777. The van der Waals surface area contributed by atoms with E-state index in [-0.39, 0.29) is 12.3 Å². The van der Waals surface area contributed by atoms with Gasteiger partial charge in [0.25, 0.3) is 0 Å². The number of ether oxygens (including phenoxy) is 1. The van der Waals surface area contributed by atoms with E-state index in [0.29, 0.717) is 17.2 Å². The second-order valence-electron chi connectivity index (χ2n) is 5.59. The van der Waals surface area contributed by atoms with E-state index in [4.69, 9.17) is 4.74 Å². The van der Waals surface area contributed by atoms with Crippen molar-refractivity contribution in [3.63, 3.8) is 0 Å². The number of benzene rings is 2. The molecule has 0 aliphatic carbocycles. The number of methoxy groups -OCH3 is 1. The minimum Gasteiger partial charge on any atom is -0.497 e. The average Bonchev–Trinajstić information content (AvgIpc) is 3.05. The van der Waals surface area contributed by atoms with Crippen LogP contribution in [-0.4, -0.2) is 33.9 Å². The maximum absolute atomic E-state index is 11.6. The van der Waals surface area contributed by atoms with Gasteiger partial charge in [0.2, 0.25) is 0 Å². The summed E-state index contributed by atoms with van der Waals surface area (Å²) >= 11 is 0. The molecule has 1 aromatic heterocycles. The Kier molecular flexibility index (Phi) is 4.70. The van der Waals surface area contributed by atoms with Gasteiger partial charge in [-0.3, -0.25) is 9.59 Å². The minimum absolute atomic E-state index is 0.0287. The number of hydrogen-bond donors (Lipinski definition) is 0. The molecule has 0 unspecified atom stereocenters. The molecule has 0 spiro atoms. The first-order valence-electron chi connectivity index (χ1n) is 7.75. The van der Waals surface area contributed by atoms with Gasteiger partial charge in [-0.05, 0) is 37.3 Å². The molecule has 0 bridgehead atoms. The second kappa shape index (κ2) is 7.09. The van der Waals surface area contributed by atoms with Crippen LogP contribution in [0.3, 0.4) is 0 Å². The molecule has 0 amide bonds. The van der Waals surface area contributed by atoms with Crippen molar-refractivity contribution in [3.05, 3.63) is 54.1 Å². The lowest BCUT2D eigenvalue weighted by molar-refractivity contribution is -0.117. The van der Waals surface area contributed by atoms with Gasteiger partial charge in [-0.2, -0.15) is 0 Å². The zero-order chi connectivity index (χ0) is 17.8. The summed E-state index contributed by atoms with van der Waals surface area (Å²) in [6, 6.07) is 14.4. The number of rotatable bonds is 6. The molecule has 2 aromatic carbocycles. The van der Waals surface area contributed by atoms with Crippen molar-refractivity contribution in [2.45, 2.75) is 13.5 Å². The molecule has 6 heteroatoms. The Hall–Kier alpha value is -3.28. The van der Waals surface area contributed by atoms with Crippen molar-refractivity contribution in [2.24, 2.45) is 0 Å². The molecule has 6 nitrogen and oxygen atoms in total. The highest BCUT2D eigenvalue weighted by atomic mass is 16.5. The van der Waals surface area contributed by atoms with Gasteiger partial charge < -0.3 is 4.74 Å². The van der Waals surface area contributed by atoms with Crippen molar-refractivity contribution in [1.29, 1.82) is 0 Å². The van der Waals surface area contributed by atoms with E-state index in [1.165, 1.54) is 6.92 Å². The largest absolute Gasteiger partial charge is 0.497 e. The van der Waals surface area contributed by atoms with Gasteiger partial charge in [-0.1, -0.05) is 18.2 Å². The third-order valence-corrected chi connectivity index (χ3v) is 3.67. The summed E-state index contributed by atoms with van der Waals surface area (Å²) < 4.78 is 6.72. The monoisotopic (exact) mass is 335 g/mol. The number of nitrogens with zero attached hydrogens (tertiary/aromatic N) is 3. The van der Waals surface area contributed by atoms with Crippen LogP contribution in [0.1, 0.15) is 17.3 Å². The first-order chi connectivity index (χ1) is 12.1. The quantitative estimate of drug-likeness (QED) is 0.647. The number of carbonyl (C=O) groups is 2. The summed E-state index contributed by atoms with van der Waals surface area (Å²) in [7, 11) is 1.60. The van der Waals surface area contributed by atoms with Crippen LogP contribution in [-0.2, 0) is 11.3 Å². The summed E-state index contributed by atoms with van der Waals surface area (Å²) in [5, 5.41) is 4.46. The fourth-order valence-electron chi connectivity index (χ4n) is 2.49. The second-order valence-corrected chi connectivity index (χ2v) is 5.59. The molecule has 0 N–H and O–H groups in total. The van der Waals surface area contributed by atoms with Crippen molar-refractivity contribution in [3.8, 4) is 28.5 Å². The van der Waals surface area contributed by atoms with Gasteiger partial charge in [-0.15, -0.1) is 5.10 Å². The van der Waals surface area contributed by atoms with Crippen LogP contribution < -0.4 is 4.74 Å². The molecule has 0 atom stereocenters. The van der Waals surface area contributed by atoms with Gasteiger partial charge in [0, 0.05) is 16.7 Å². The number of aromatic nitrogens is 3. The Bertz CT molecular complexity index is 914. The standard InChI is InChI=1S/C19H17N3O3/c1-13(24)11-22-19(16-5-3-4-14(10-16)12-23)20-18(21-22)15-6-8-17(25-2)9-7-15/h3-10,12H,11H2,1-2H3. The van der Waals surface area contributed by atoms with E-state index >= 15 is 0 Å². The molecular weight excluding hydrogens is 318 g/mol. The highest BCUT2D eigenvalue weighted by molar-refractivity contribution is 5.79. The summed E-state index contributed by atoms with van der Waals surface area (Å²) in [5.74, 6) is 1.77. The average molecular weight is 335 g/mol. The molecule has 0 aliphatic rings. The summed E-state index contributed by atoms with van der Waals surface area (Å²) in [4.78, 5) is 27.2. The van der Waals surface area contributed by atoms with E-state index < -0.39 is 0 Å². The molecule has 0 fully saturated rings. The lowest BCUT2D eigenvalue weighted by atomic mass is 10.1. The Morgan fingerprint density at radius 1 is 1.16 bits per heavy atom. The predicted molar refractivity (Wildman–Crippen MR) is 93.5 cm³/mol. The number of Topliss-reactive ketones (excluding diaryl/α,β-unsaturated/α-hetero) is 1. The van der Waals surface area contributed by atoms with Crippen LogP contribution in [0.15, 0.2) is 48.5 Å². The maximum atomic E-state index is 11.6. The molecule has 126 valence electrons. The molecule has 3 rings (SSSR count). The maximum Gasteiger partial charge on any atom is 0.181 e. The Labute approximate surface area is 145 Å². The van der Waals surface area contributed by atoms with Crippen LogP contribution in [0.25, 0.3) is 22.8 Å². The highest BCUT2D eigenvalue weighted by Crippen LogP contribution is 2.24. The van der Waals surface area contributed by atoms with E-state index in [1.807, 2.05) is 30.3 Å². The van der Waals surface area contributed by atoms with Crippen LogP contribution in [0.2, 0.25) is 0 Å². The SMILES string of the molecule is COc1ccc(-c2nc(-c3cccc(C=O)c3)n(CC(C)=O)n2)cc1. The third kappa shape index (κ3) is 3.63. The van der Waals surface area contributed by atoms with Gasteiger partial charge in [0.1, 0.15) is 18.6 Å². The Morgan fingerprint density at radius 2 is 1.92 bits per heavy atom. The summed E-state index contributed by atoms with van der Waals surface area (Å²) in [5.41, 5.74) is 2.09. The molecule has 3 aromatic rings. The van der Waals surface area contributed by atoms with Crippen molar-refractivity contribution in [1.82, 2.24) is 14.8 Å². The van der Waals surface area contributed by atoms with Gasteiger partial charge in [-0.25, -0.2) is 9.67 Å². The first-order valence-corrected chi connectivity index (χ1v) is 7.75. The lowest BCUT2D eigenvalue weighted by Crippen LogP contribution is -2.09. The first kappa shape index (κ1) is 16.6. The molecule has 0 radical (unpaired) electrons. The van der Waals surface area contributed by atoms with E-state index in [0.717, 1.165) is 23.2 Å². The highest BCUT2D eigenvalue weighted by Gasteiger charge is 2.15. The Morgan fingerprint density at radius 3 is 2.56 bits per heavy atom. The molecular formula is C19H17N3O3. The fraction of sp³-hybridized carbons (Fsp3) is 0.158. The summed E-state index contributed by atoms with van der Waals surface area (Å²) in [6.45, 7) is 1.62. The van der Waals surface area contributed by atoms with Gasteiger partial charge in [0.05, 0.1) is 7.11 Å². The van der Waals surface area contributed by atoms with E-state index in [2.05, 4.69) is 10.1 Å². The van der Waals surface area contributed by atoms with Crippen LogP contribution in [0, 0.1) is 0 Å². The zero-order valence-corrected chi connectivity index (χ0v) is 14.0. The van der Waals surface area contributed by atoms with Crippen LogP contribution in [0.5, 0.6) is 5.75 Å². The van der Waals surface area contributed by atoms with Crippen molar-refractivity contribution >= 4 is 12.1 Å². The number of hydrogen-bond acceptors (Lipinski definition) is 5. The lowest BCUT2D eigenvalue weighted by Gasteiger charge is -2.04. The topological polar surface area (TPSA) is 74.1 Å². The predicted octanol–water partition coefficient (Wildman–Crippen LogP) is 3.02. The molecule has 0 saturated heterocycles. The number of ketones is 1. The molecule has 25 heavy (non-hydrogen) atoms. The normalized spacial score (nSPS) is 10.5.